The zero-order valence-corrected chi connectivity index (χ0v) is 15.1. The van der Waals surface area contributed by atoms with E-state index in [-0.39, 0.29) is 30.4 Å². The molecule has 2 aliphatic rings. The van der Waals surface area contributed by atoms with Gasteiger partial charge in [-0.2, -0.15) is 0 Å². The lowest BCUT2D eigenvalue weighted by molar-refractivity contribution is -0.130. The van der Waals surface area contributed by atoms with Crippen molar-refractivity contribution in [3.05, 3.63) is 45.4 Å². The van der Waals surface area contributed by atoms with E-state index in [0.29, 0.717) is 24.7 Å². The molecule has 25 heavy (non-hydrogen) atoms. The molecule has 3 atom stereocenters. The quantitative estimate of drug-likeness (QED) is 0.844. The molecule has 4 heterocycles. The molecular weight excluding hydrogens is 341 g/mol. The van der Waals surface area contributed by atoms with Crippen LogP contribution in [0, 0.1) is 25.6 Å². The van der Waals surface area contributed by atoms with Crippen molar-refractivity contribution >= 4 is 17.2 Å². The van der Waals surface area contributed by atoms with Crippen molar-refractivity contribution in [2.24, 2.45) is 5.92 Å². The summed E-state index contributed by atoms with van der Waals surface area (Å²) < 4.78 is 19.1. The predicted octanol–water partition coefficient (Wildman–Crippen LogP) is 2.83. The Morgan fingerprint density at radius 2 is 2.24 bits per heavy atom. The number of carbonyl (C=O) groups is 1. The van der Waals surface area contributed by atoms with Gasteiger partial charge in [-0.05, 0) is 32.4 Å². The van der Waals surface area contributed by atoms with Crippen molar-refractivity contribution in [2.45, 2.75) is 38.9 Å². The van der Waals surface area contributed by atoms with E-state index in [1.165, 1.54) is 10.9 Å². The molecule has 0 aliphatic carbocycles. The number of thiazole rings is 1. The second kappa shape index (κ2) is 6.46. The topological polar surface area (TPSA) is 55.3 Å². The molecule has 0 aromatic carbocycles. The number of fused-ring (bicyclic) bond motifs is 1. The SMILES string of the molecule is Cc1nc([C@H]2C[C@H]3CN(C(=O)Cc4ccc(F)cn4)C[C@H]3O2)sc1C. The van der Waals surface area contributed by atoms with Gasteiger partial charge in [-0.15, -0.1) is 11.3 Å². The van der Waals surface area contributed by atoms with Gasteiger partial charge in [0.25, 0.3) is 0 Å². The number of hydrogen-bond donors (Lipinski definition) is 0. The summed E-state index contributed by atoms with van der Waals surface area (Å²) in [6.45, 7) is 5.43. The molecule has 2 aliphatic heterocycles. The van der Waals surface area contributed by atoms with Gasteiger partial charge in [0.1, 0.15) is 16.9 Å². The second-order valence-electron chi connectivity index (χ2n) is 6.80. The highest BCUT2D eigenvalue weighted by atomic mass is 32.1. The third kappa shape index (κ3) is 3.30. The summed E-state index contributed by atoms with van der Waals surface area (Å²) in [5.74, 6) is -0.00626. The van der Waals surface area contributed by atoms with E-state index < -0.39 is 0 Å². The lowest BCUT2D eigenvalue weighted by atomic mass is 10.0. The lowest BCUT2D eigenvalue weighted by Crippen LogP contribution is -2.32. The van der Waals surface area contributed by atoms with Gasteiger partial charge in [-0.3, -0.25) is 9.78 Å². The largest absolute Gasteiger partial charge is 0.366 e. The first-order valence-electron chi connectivity index (χ1n) is 8.47. The Morgan fingerprint density at radius 1 is 1.40 bits per heavy atom. The van der Waals surface area contributed by atoms with Gasteiger partial charge >= 0.3 is 0 Å². The average molecular weight is 361 g/mol. The molecule has 5 nitrogen and oxygen atoms in total. The molecule has 2 saturated heterocycles. The number of pyridine rings is 1. The first kappa shape index (κ1) is 16.6. The molecule has 1 amide bonds. The minimum absolute atomic E-state index is 0.0228. The average Bonchev–Trinajstić information content (AvgIpc) is 3.23. The molecule has 2 aromatic heterocycles. The first-order chi connectivity index (χ1) is 12.0. The summed E-state index contributed by atoms with van der Waals surface area (Å²) in [5, 5.41) is 1.05. The third-order valence-electron chi connectivity index (χ3n) is 5.03. The van der Waals surface area contributed by atoms with Crippen LogP contribution in [0.2, 0.25) is 0 Å². The minimum atomic E-state index is -0.390. The molecule has 0 spiro atoms. The van der Waals surface area contributed by atoms with Gasteiger partial charge in [-0.1, -0.05) is 0 Å². The van der Waals surface area contributed by atoms with Crippen LogP contribution in [-0.2, 0) is 16.0 Å². The molecule has 4 rings (SSSR count). The highest BCUT2D eigenvalue weighted by Gasteiger charge is 2.44. The molecular formula is C18H20FN3O2S. The van der Waals surface area contributed by atoms with Crippen molar-refractivity contribution in [1.29, 1.82) is 0 Å². The van der Waals surface area contributed by atoms with E-state index in [2.05, 4.69) is 16.9 Å². The van der Waals surface area contributed by atoms with Crippen LogP contribution in [0.3, 0.4) is 0 Å². The van der Waals surface area contributed by atoms with Gasteiger partial charge in [-0.25, -0.2) is 9.37 Å². The normalized spacial score (nSPS) is 25.4. The van der Waals surface area contributed by atoms with Crippen LogP contribution in [0.25, 0.3) is 0 Å². The van der Waals surface area contributed by atoms with Gasteiger partial charge < -0.3 is 9.64 Å². The Morgan fingerprint density at radius 3 is 2.88 bits per heavy atom. The number of hydrogen-bond acceptors (Lipinski definition) is 5. The summed E-state index contributed by atoms with van der Waals surface area (Å²) in [5.41, 5.74) is 1.67. The van der Waals surface area contributed by atoms with Gasteiger partial charge in [0, 0.05) is 29.6 Å². The van der Waals surface area contributed by atoms with E-state index in [1.54, 1.807) is 17.4 Å². The fourth-order valence-corrected chi connectivity index (χ4v) is 4.51. The fraction of sp³-hybridized carbons (Fsp3) is 0.500. The van der Waals surface area contributed by atoms with Crippen molar-refractivity contribution in [2.75, 3.05) is 13.1 Å². The number of amides is 1. The summed E-state index contributed by atoms with van der Waals surface area (Å²) in [6, 6.07) is 2.89. The molecule has 2 aromatic rings. The zero-order valence-electron chi connectivity index (χ0n) is 14.2. The maximum atomic E-state index is 12.9. The van der Waals surface area contributed by atoms with E-state index in [9.17, 15) is 9.18 Å². The predicted molar refractivity (Wildman–Crippen MR) is 91.8 cm³/mol. The number of nitrogens with zero attached hydrogens (tertiary/aromatic N) is 3. The molecule has 0 radical (unpaired) electrons. The number of likely N-dealkylation sites (tertiary alicyclic amines) is 1. The van der Waals surface area contributed by atoms with E-state index >= 15 is 0 Å². The summed E-state index contributed by atoms with van der Waals surface area (Å²) in [6.07, 6.45) is 2.40. The summed E-state index contributed by atoms with van der Waals surface area (Å²) in [4.78, 5) is 24.1. The Hall–Kier alpha value is -1.86. The van der Waals surface area contributed by atoms with Crippen LogP contribution in [0.5, 0.6) is 0 Å². The smallest absolute Gasteiger partial charge is 0.228 e. The second-order valence-corrected chi connectivity index (χ2v) is 8.03. The van der Waals surface area contributed by atoms with E-state index in [0.717, 1.165) is 23.3 Å². The van der Waals surface area contributed by atoms with Crippen molar-refractivity contribution in [3.63, 3.8) is 0 Å². The lowest BCUT2D eigenvalue weighted by Gasteiger charge is -2.18. The first-order valence-corrected chi connectivity index (χ1v) is 9.29. The monoisotopic (exact) mass is 361 g/mol. The molecule has 0 saturated carbocycles. The van der Waals surface area contributed by atoms with Crippen LogP contribution in [-0.4, -0.2) is 40.0 Å². The van der Waals surface area contributed by atoms with Crippen LogP contribution in [0.4, 0.5) is 4.39 Å². The Balaban J connectivity index is 1.35. The molecule has 132 valence electrons. The van der Waals surface area contributed by atoms with Crippen molar-refractivity contribution in [1.82, 2.24) is 14.9 Å². The van der Waals surface area contributed by atoms with E-state index in [4.69, 9.17) is 4.74 Å². The fourth-order valence-electron chi connectivity index (χ4n) is 3.54. The molecule has 2 fully saturated rings. The molecule has 0 N–H and O–H groups in total. The van der Waals surface area contributed by atoms with Gasteiger partial charge in [0.05, 0.1) is 24.4 Å². The number of carbonyl (C=O) groups excluding carboxylic acids is 1. The number of aromatic nitrogens is 2. The molecule has 0 unspecified atom stereocenters. The third-order valence-corrected chi connectivity index (χ3v) is 6.20. The number of aryl methyl sites for hydroxylation is 2. The van der Waals surface area contributed by atoms with Crippen molar-refractivity contribution < 1.29 is 13.9 Å². The van der Waals surface area contributed by atoms with Gasteiger partial charge in [0.15, 0.2) is 0 Å². The molecule has 0 bridgehead atoms. The van der Waals surface area contributed by atoms with Crippen LogP contribution in [0.1, 0.15) is 33.8 Å². The Kier molecular flexibility index (Phi) is 4.29. The number of rotatable bonds is 3. The van der Waals surface area contributed by atoms with Crippen LogP contribution < -0.4 is 0 Å². The van der Waals surface area contributed by atoms with Gasteiger partial charge in [0.2, 0.25) is 5.91 Å². The molecule has 7 heteroatoms. The Labute approximate surface area is 149 Å². The zero-order chi connectivity index (χ0) is 17.6. The standard InChI is InChI=1S/C18H20FN3O2S/c1-10-11(2)25-18(21-10)15-5-12-8-22(9-16(12)24-15)17(23)6-14-4-3-13(19)7-20-14/h3-4,7,12,15-16H,5-6,8-9H2,1-2H3/t12-,15+,16+/m0/s1. The highest BCUT2D eigenvalue weighted by Crippen LogP contribution is 2.42. The van der Waals surface area contributed by atoms with E-state index in [1.807, 2.05) is 11.8 Å². The van der Waals surface area contributed by atoms with Crippen molar-refractivity contribution in [3.8, 4) is 0 Å². The van der Waals surface area contributed by atoms with Crippen LogP contribution in [0.15, 0.2) is 18.3 Å². The Bertz CT molecular complexity index is 759. The summed E-state index contributed by atoms with van der Waals surface area (Å²) >= 11 is 1.70. The number of halogens is 1. The maximum Gasteiger partial charge on any atom is 0.228 e. The summed E-state index contributed by atoms with van der Waals surface area (Å²) in [7, 11) is 0. The van der Waals surface area contributed by atoms with Crippen LogP contribution >= 0.6 is 11.3 Å². The highest BCUT2D eigenvalue weighted by molar-refractivity contribution is 7.11. The maximum absolute atomic E-state index is 12.9. The number of ether oxygens (including phenoxy) is 1. The minimum Gasteiger partial charge on any atom is -0.366 e.